The van der Waals surface area contributed by atoms with E-state index in [9.17, 15) is 14.4 Å². The lowest BCUT2D eigenvalue weighted by Gasteiger charge is -2.07. The van der Waals surface area contributed by atoms with E-state index in [2.05, 4.69) is 32.8 Å². The van der Waals surface area contributed by atoms with Crippen molar-refractivity contribution >= 4 is 83.4 Å². The molecule has 0 aliphatic heterocycles. The molecule has 0 saturated carbocycles. The number of benzene rings is 1. The van der Waals surface area contributed by atoms with Gasteiger partial charge in [-0.05, 0) is 49.9 Å². The van der Waals surface area contributed by atoms with Gasteiger partial charge in [0.25, 0.3) is 5.91 Å². The fourth-order valence-corrected chi connectivity index (χ4v) is 7.38. The van der Waals surface area contributed by atoms with Gasteiger partial charge in [-0.2, -0.15) is 4.99 Å². The third-order valence-corrected chi connectivity index (χ3v) is 8.95. The first kappa shape index (κ1) is 25.9. The molecule has 1 aliphatic carbocycles. The van der Waals surface area contributed by atoms with Gasteiger partial charge in [0, 0.05) is 15.9 Å². The molecule has 0 unspecified atom stereocenters. The van der Waals surface area contributed by atoms with Gasteiger partial charge in [0.2, 0.25) is 5.91 Å². The second-order valence-electron chi connectivity index (χ2n) is 7.72. The largest absolute Gasteiger partial charge is 0.462 e. The number of aromatic nitrogens is 1. The van der Waals surface area contributed by atoms with E-state index in [1.165, 1.54) is 34.4 Å². The molecule has 1 aromatic carbocycles. The Balaban J connectivity index is 1.40. The Hall–Kier alpha value is -2.21. The molecule has 0 atom stereocenters. The minimum Gasteiger partial charge on any atom is -0.462 e. The van der Waals surface area contributed by atoms with E-state index in [0.717, 1.165) is 44.4 Å². The van der Waals surface area contributed by atoms with Crippen molar-refractivity contribution in [1.29, 1.82) is 0 Å². The van der Waals surface area contributed by atoms with E-state index in [4.69, 9.17) is 4.74 Å². The van der Waals surface area contributed by atoms with E-state index >= 15 is 0 Å². The number of amides is 2. The number of nitrogens with zero attached hydrogens (tertiary/aromatic N) is 2. The van der Waals surface area contributed by atoms with Crippen LogP contribution in [0.1, 0.15) is 34.1 Å². The van der Waals surface area contributed by atoms with Crippen LogP contribution in [-0.2, 0) is 33.7 Å². The summed E-state index contributed by atoms with van der Waals surface area (Å²) in [7, 11) is 0. The van der Waals surface area contributed by atoms with Crippen molar-refractivity contribution in [1.82, 2.24) is 4.57 Å². The van der Waals surface area contributed by atoms with Gasteiger partial charge >= 0.3 is 5.97 Å². The molecule has 2 aromatic heterocycles. The lowest BCUT2D eigenvalue weighted by atomic mass is 10.1. The number of esters is 1. The van der Waals surface area contributed by atoms with Gasteiger partial charge in [-0.3, -0.25) is 9.59 Å². The smallest absolute Gasteiger partial charge is 0.341 e. The van der Waals surface area contributed by atoms with E-state index < -0.39 is 5.97 Å². The number of ether oxygens (including phenoxy) is 1. The number of thioether (sulfide) groups is 1. The van der Waals surface area contributed by atoms with Crippen molar-refractivity contribution in [2.24, 2.45) is 4.99 Å². The summed E-state index contributed by atoms with van der Waals surface area (Å²) in [5, 5.41) is 3.39. The number of thiophene rings is 1. The van der Waals surface area contributed by atoms with Gasteiger partial charge < -0.3 is 14.6 Å². The van der Waals surface area contributed by atoms with Crippen molar-refractivity contribution in [2.75, 3.05) is 23.4 Å². The predicted octanol–water partition coefficient (Wildman–Crippen LogP) is 5.18. The summed E-state index contributed by atoms with van der Waals surface area (Å²) in [6.07, 6.45) is 4.50. The van der Waals surface area contributed by atoms with Crippen molar-refractivity contribution in [3.8, 4) is 0 Å². The fourth-order valence-electron chi connectivity index (χ4n) is 3.88. The number of thiazole rings is 1. The van der Waals surface area contributed by atoms with Crippen molar-refractivity contribution in [2.45, 2.75) is 32.7 Å². The van der Waals surface area contributed by atoms with Crippen molar-refractivity contribution < 1.29 is 19.1 Å². The standard InChI is InChI=1S/C24H24BrN3O4S3/c1-3-10-28-16-9-8-14(25)11-18(16)35-24(28)27-20(30)13-33-12-19(29)26-22-21(23(31)32-4-2)15-6-5-7-17(15)34-22/h3,8-9,11H,1,4-7,10,12-13H2,2H3,(H,26,29). The number of aryl methyl sites for hydroxylation is 1. The number of fused-ring (bicyclic) bond motifs is 2. The van der Waals surface area contributed by atoms with Crippen LogP contribution < -0.4 is 10.1 Å². The van der Waals surface area contributed by atoms with Crippen molar-refractivity contribution in [3.63, 3.8) is 0 Å². The number of hydrogen-bond acceptors (Lipinski definition) is 7. The molecule has 3 aromatic rings. The first-order valence-corrected chi connectivity index (χ1v) is 14.7. The maximum atomic E-state index is 12.6. The molecule has 7 nitrogen and oxygen atoms in total. The van der Waals surface area contributed by atoms with Gasteiger partial charge in [-0.15, -0.1) is 29.7 Å². The summed E-state index contributed by atoms with van der Waals surface area (Å²) in [6.45, 7) is 6.38. The van der Waals surface area contributed by atoms with E-state index in [1.807, 2.05) is 22.8 Å². The molecule has 4 rings (SSSR count). The van der Waals surface area contributed by atoms with Crippen LogP contribution in [0.25, 0.3) is 10.2 Å². The van der Waals surface area contributed by atoms with Crippen LogP contribution >= 0.6 is 50.4 Å². The summed E-state index contributed by atoms with van der Waals surface area (Å²) in [6, 6.07) is 5.92. The Kier molecular flexibility index (Phi) is 8.64. The van der Waals surface area contributed by atoms with Gasteiger partial charge in [-0.25, -0.2) is 4.79 Å². The highest BCUT2D eigenvalue weighted by Crippen LogP contribution is 2.39. The van der Waals surface area contributed by atoms with Crippen LogP contribution in [0.4, 0.5) is 5.00 Å². The average Bonchev–Trinajstić information content (AvgIpc) is 3.47. The highest BCUT2D eigenvalue weighted by atomic mass is 79.9. The maximum absolute atomic E-state index is 12.6. The molecule has 2 heterocycles. The quantitative estimate of drug-likeness (QED) is 0.273. The van der Waals surface area contributed by atoms with Gasteiger partial charge in [0.1, 0.15) is 5.00 Å². The van der Waals surface area contributed by atoms with E-state index in [0.29, 0.717) is 21.9 Å². The monoisotopic (exact) mass is 593 g/mol. The van der Waals surface area contributed by atoms with Gasteiger partial charge in [-0.1, -0.05) is 33.3 Å². The lowest BCUT2D eigenvalue weighted by molar-refractivity contribution is -0.115. The number of carbonyl (C=O) groups excluding carboxylic acids is 3. The van der Waals surface area contributed by atoms with Crippen LogP contribution in [0.2, 0.25) is 0 Å². The van der Waals surface area contributed by atoms with Gasteiger partial charge in [0.15, 0.2) is 4.80 Å². The molecular weight excluding hydrogens is 570 g/mol. The average molecular weight is 595 g/mol. The third kappa shape index (κ3) is 5.96. The van der Waals surface area contributed by atoms with Crippen LogP contribution in [0.15, 0.2) is 40.3 Å². The first-order valence-electron chi connectivity index (χ1n) is 11.1. The number of carbonyl (C=O) groups is 3. The Morgan fingerprint density at radius 3 is 2.89 bits per heavy atom. The molecular formula is C24H24BrN3O4S3. The summed E-state index contributed by atoms with van der Waals surface area (Å²) in [5.41, 5.74) is 2.46. The number of anilines is 1. The zero-order valence-electron chi connectivity index (χ0n) is 19.1. The second-order valence-corrected chi connectivity index (χ2v) is 11.7. The minimum absolute atomic E-state index is 0.0745. The highest BCUT2D eigenvalue weighted by molar-refractivity contribution is 9.10. The van der Waals surface area contributed by atoms with Crippen LogP contribution in [-0.4, -0.2) is 40.5 Å². The molecule has 0 spiro atoms. The number of halogens is 1. The zero-order valence-corrected chi connectivity index (χ0v) is 23.1. The van der Waals surface area contributed by atoms with E-state index in [1.54, 1.807) is 13.0 Å². The fraction of sp³-hybridized carbons (Fsp3) is 0.333. The van der Waals surface area contributed by atoms with Gasteiger partial charge in [0.05, 0.1) is 33.9 Å². The minimum atomic E-state index is -0.396. The Labute approximate surface area is 223 Å². The summed E-state index contributed by atoms with van der Waals surface area (Å²) < 4.78 is 9.12. The Morgan fingerprint density at radius 1 is 1.29 bits per heavy atom. The first-order chi connectivity index (χ1) is 16.9. The number of allylic oxidation sites excluding steroid dienone is 1. The molecule has 35 heavy (non-hydrogen) atoms. The molecule has 0 radical (unpaired) electrons. The zero-order chi connectivity index (χ0) is 24.9. The molecule has 0 saturated heterocycles. The Morgan fingerprint density at radius 2 is 2.11 bits per heavy atom. The predicted molar refractivity (Wildman–Crippen MR) is 147 cm³/mol. The van der Waals surface area contributed by atoms with E-state index in [-0.39, 0.29) is 29.9 Å². The molecule has 11 heteroatoms. The van der Waals surface area contributed by atoms with Crippen LogP contribution in [0.3, 0.4) is 0 Å². The molecule has 1 aliphatic rings. The molecule has 0 fully saturated rings. The van der Waals surface area contributed by atoms with Crippen molar-refractivity contribution in [3.05, 3.63) is 56.1 Å². The molecule has 184 valence electrons. The summed E-state index contributed by atoms with van der Waals surface area (Å²) >= 11 is 7.54. The van der Waals surface area contributed by atoms with Crippen LogP contribution in [0.5, 0.6) is 0 Å². The number of rotatable bonds is 9. The normalized spacial score (nSPS) is 13.1. The third-order valence-electron chi connectivity index (χ3n) is 5.29. The number of nitrogens with one attached hydrogen (secondary N) is 1. The molecule has 0 bridgehead atoms. The lowest BCUT2D eigenvalue weighted by Crippen LogP contribution is -2.19. The Bertz CT molecular complexity index is 1370. The topological polar surface area (TPSA) is 89.8 Å². The maximum Gasteiger partial charge on any atom is 0.341 e. The molecule has 1 N–H and O–H groups in total. The number of hydrogen-bond donors (Lipinski definition) is 1. The van der Waals surface area contributed by atoms with Crippen LogP contribution in [0, 0.1) is 0 Å². The summed E-state index contributed by atoms with van der Waals surface area (Å²) in [4.78, 5) is 43.6. The second kappa shape index (κ2) is 11.7. The summed E-state index contributed by atoms with van der Waals surface area (Å²) in [5.74, 6) is -0.814. The molecule has 2 amide bonds. The SMILES string of the molecule is C=CCn1c(=NC(=O)CSCC(=O)Nc2sc3c(c2C(=O)OCC)CCC3)sc2cc(Br)ccc21. The highest BCUT2D eigenvalue weighted by Gasteiger charge is 2.28.